The topological polar surface area (TPSA) is 76.7 Å². The summed E-state index contributed by atoms with van der Waals surface area (Å²) in [5.74, 6) is -0.378. The van der Waals surface area contributed by atoms with Gasteiger partial charge in [-0.15, -0.1) is 0 Å². The zero-order chi connectivity index (χ0) is 16.9. The van der Waals surface area contributed by atoms with Crippen molar-refractivity contribution in [2.24, 2.45) is 0 Å². The first-order valence-corrected chi connectivity index (χ1v) is 8.01. The standard InChI is InChI=1S/C17H26N2O4/c1-3-22-12-7-11-18-17(21)14-8-5-6-9-15(14)19-16(20)10-13-23-4-2/h5-6,8-9H,3-4,7,10-13H2,1-2H3,(H,18,21)(H,19,20). The van der Waals surface area contributed by atoms with Gasteiger partial charge in [0.1, 0.15) is 0 Å². The quantitative estimate of drug-likeness (QED) is 0.612. The van der Waals surface area contributed by atoms with Crippen LogP contribution in [0.25, 0.3) is 0 Å². The lowest BCUT2D eigenvalue weighted by Gasteiger charge is -2.11. The highest BCUT2D eigenvalue weighted by Crippen LogP contribution is 2.15. The van der Waals surface area contributed by atoms with Crippen LogP contribution in [0.15, 0.2) is 24.3 Å². The van der Waals surface area contributed by atoms with Gasteiger partial charge in [0, 0.05) is 26.4 Å². The van der Waals surface area contributed by atoms with E-state index in [1.54, 1.807) is 24.3 Å². The molecule has 2 N–H and O–H groups in total. The van der Waals surface area contributed by atoms with Crippen molar-refractivity contribution in [2.75, 3.05) is 38.3 Å². The Morgan fingerprint density at radius 2 is 1.74 bits per heavy atom. The Hall–Kier alpha value is -1.92. The molecule has 23 heavy (non-hydrogen) atoms. The van der Waals surface area contributed by atoms with Crippen molar-refractivity contribution >= 4 is 17.5 Å². The first kappa shape index (κ1) is 19.1. The van der Waals surface area contributed by atoms with E-state index in [9.17, 15) is 9.59 Å². The molecule has 1 rings (SSSR count). The van der Waals surface area contributed by atoms with Crippen molar-refractivity contribution in [3.05, 3.63) is 29.8 Å². The van der Waals surface area contributed by atoms with Crippen molar-refractivity contribution in [3.8, 4) is 0 Å². The normalized spacial score (nSPS) is 10.3. The van der Waals surface area contributed by atoms with Gasteiger partial charge in [0.2, 0.25) is 5.91 Å². The van der Waals surface area contributed by atoms with E-state index in [2.05, 4.69) is 10.6 Å². The molecule has 128 valence electrons. The first-order valence-electron chi connectivity index (χ1n) is 8.01. The van der Waals surface area contributed by atoms with Gasteiger partial charge in [0.25, 0.3) is 5.91 Å². The fourth-order valence-electron chi connectivity index (χ4n) is 1.93. The number of benzene rings is 1. The lowest BCUT2D eigenvalue weighted by atomic mass is 10.1. The Kier molecular flexibility index (Phi) is 9.66. The van der Waals surface area contributed by atoms with Crippen molar-refractivity contribution in [1.82, 2.24) is 5.32 Å². The molecular weight excluding hydrogens is 296 g/mol. The van der Waals surface area contributed by atoms with Gasteiger partial charge in [0.15, 0.2) is 0 Å². The van der Waals surface area contributed by atoms with E-state index in [1.807, 2.05) is 13.8 Å². The molecule has 0 aliphatic carbocycles. The number of para-hydroxylation sites is 1. The number of ether oxygens (including phenoxy) is 2. The lowest BCUT2D eigenvalue weighted by Crippen LogP contribution is -2.27. The maximum atomic E-state index is 12.2. The summed E-state index contributed by atoms with van der Waals surface area (Å²) < 4.78 is 10.4. The van der Waals surface area contributed by atoms with Crippen LogP contribution in [0.4, 0.5) is 5.69 Å². The fraction of sp³-hybridized carbons (Fsp3) is 0.529. The largest absolute Gasteiger partial charge is 0.382 e. The summed E-state index contributed by atoms with van der Waals surface area (Å²) >= 11 is 0. The van der Waals surface area contributed by atoms with Gasteiger partial charge in [-0.3, -0.25) is 9.59 Å². The predicted molar refractivity (Wildman–Crippen MR) is 89.6 cm³/mol. The second-order valence-electron chi connectivity index (χ2n) is 4.85. The summed E-state index contributed by atoms with van der Waals surface area (Å²) in [6.45, 7) is 6.58. The van der Waals surface area contributed by atoms with Crippen LogP contribution < -0.4 is 10.6 Å². The van der Waals surface area contributed by atoms with Gasteiger partial charge < -0.3 is 20.1 Å². The number of hydrogen-bond acceptors (Lipinski definition) is 4. The molecule has 0 fully saturated rings. The van der Waals surface area contributed by atoms with Gasteiger partial charge in [-0.05, 0) is 32.4 Å². The maximum Gasteiger partial charge on any atom is 0.253 e. The van der Waals surface area contributed by atoms with Gasteiger partial charge in [-0.2, -0.15) is 0 Å². The average molecular weight is 322 g/mol. The number of nitrogens with one attached hydrogen (secondary N) is 2. The van der Waals surface area contributed by atoms with E-state index >= 15 is 0 Å². The van der Waals surface area contributed by atoms with Crippen LogP contribution in [-0.4, -0.2) is 44.8 Å². The van der Waals surface area contributed by atoms with Crippen LogP contribution in [0.2, 0.25) is 0 Å². The number of carbonyl (C=O) groups is 2. The third-order valence-electron chi connectivity index (χ3n) is 3.08. The average Bonchev–Trinajstić information content (AvgIpc) is 2.55. The Balaban J connectivity index is 2.52. The Bertz CT molecular complexity index is 491. The monoisotopic (exact) mass is 322 g/mol. The van der Waals surface area contributed by atoms with E-state index in [0.29, 0.717) is 44.2 Å². The molecule has 0 saturated heterocycles. The predicted octanol–water partition coefficient (Wildman–Crippen LogP) is 2.21. The smallest absolute Gasteiger partial charge is 0.253 e. The first-order chi connectivity index (χ1) is 11.2. The fourth-order valence-corrected chi connectivity index (χ4v) is 1.93. The Labute approximate surface area is 137 Å². The second-order valence-corrected chi connectivity index (χ2v) is 4.85. The molecule has 0 aromatic heterocycles. The number of carbonyl (C=O) groups excluding carboxylic acids is 2. The third kappa shape index (κ3) is 7.76. The van der Waals surface area contributed by atoms with Gasteiger partial charge in [-0.25, -0.2) is 0 Å². The summed E-state index contributed by atoms with van der Waals surface area (Å²) in [5.41, 5.74) is 0.963. The molecule has 0 heterocycles. The zero-order valence-corrected chi connectivity index (χ0v) is 13.9. The molecule has 6 heteroatoms. The molecule has 0 bridgehead atoms. The molecule has 0 aliphatic heterocycles. The number of anilines is 1. The summed E-state index contributed by atoms with van der Waals surface area (Å²) in [6.07, 6.45) is 1.01. The molecular formula is C17H26N2O4. The molecule has 0 saturated carbocycles. The van der Waals surface area contributed by atoms with Gasteiger partial charge in [-0.1, -0.05) is 12.1 Å². The summed E-state index contributed by atoms with van der Waals surface area (Å²) in [6, 6.07) is 6.96. The van der Waals surface area contributed by atoms with Crippen molar-refractivity contribution in [1.29, 1.82) is 0 Å². The summed E-state index contributed by atoms with van der Waals surface area (Å²) in [5, 5.41) is 5.59. The highest BCUT2D eigenvalue weighted by Gasteiger charge is 2.12. The van der Waals surface area contributed by atoms with Crippen LogP contribution in [0.1, 0.15) is 37.0 Å². The van der Waals surface area contributed by atoms with Crippen LogP contribution in [0.5, 0.6) is 0 Å². The Morgan fingerprint density at radius 3 is 2.48 bits per heavy atom. The summed E-state index contributed by atoms with van der Waals surface area (Å²) in [4.78, 5) is 24.1. The van der Waals surface area contributed by atoms with Crippen LogP contribution >= 0.6 is 0 Å². The SMILES string of the molecule is CCOCCCNC(=O)c1ccccc1NC(=O)CCOCC. The number of hydrogen-bond donors (Lipinski definition) is 2. The van der Waals surface area contributed by atoms with Crippen LogP contribution in [-0.2, 0) is 14.3 Å². The van der Waals surface area contributed by atoms with E-state index in [4.69, 9.17) is 9.47 Å². The minimum absolute atomic E-state index is 0.171. The van der Waals surface area contributed by atoms with E-state index in [0.717, 1.165) is 6.42 Å². The highest BCUT2D eigenvalue weighted by atomic mass is 16.5. The second kappa shape index (κ2) is 11.6. The number of amides is 2. The van der Waals surface area contributed by atoms with Gasteiger partial charge in [0.05, 0.1) is 24.3 Å². The lowest BCUT2D eigenvalue weighted by molar-refractivity contribution is -0.117. The molecule has 0 unspecified atom stereocenters. The third-order valence-corrected chi connectivity index (χ3v) is 3.08. The van der Waals surface area contributed by atoms with Crippen LogP contribution in [0.3, 0.4) is 0 Å². The molecule has 0 aliphatic rings. The highest BCUT2D eigenvalue weighted by molar-refractivity contribution is 6.03. The minimum Gasteiger partial charge on any atom is -0.382 e. The minimum atomic E-state index is -0.206. The van der Waals surface area contributed by atoms with E-state index < -0.39 is 0 Å². The molecule has 1 aromatic carbocycles. The number of rotatable bonds is 11. The van der Waals surface area contributed by atoms with E-state index in [1.165, 1.54) is 0 Å². The van der Waals surface area contributed by atoms with Crippen molar-refractivity contribution < 1.29 is 19.1 Å². The van der Waals surface area contributed by atoms with Gasteiger partial charge >= 0.3 is 0 Å². The zero-order valence-electron chi connectivity index (χ0n) is 13.9. The Morgan fingerprint density at radius 1 is 1.04 bits per heavy atom. The molecule has 1 aromatic rings. The molecule has 0 spiro atoms. The van der Waals surface area contributed by atoms with Crippen LogP contribution in [0, 0.1) is 0 Å². The molecule has 0 radical (unpaired) electrons. The van der Waals surface area contributed by atoms with Crippen molar-refractivity contribution in [2.45, 2.75) is 26.7 Å². The molecule has 2 amide bonds. The van der Waals surface area contributed by atoms with E-state index in [-0.39, 0.29) is 18.2 Å². The maximum absolute atomic E-state index is 12.2. The molecule has 6 nitrogen and oxygen atoms in total. The molecule has 0 atom stereocenters. The van der Waals surface area contributed by atoms with Crippen molar-refractivity contribution in [3.63, 3.8) is 0 Å². The summed E-state index contributed by atoms with van der Waals surface area (Å²) in [7, 11) is 0.